The van der Waals surface area contributed by atoms with Crippen molar-refractivity contribution in [1.29, 1.82) is 0 Å². The minimum Gasteiger partial charge on any atom is -0.462 e. The summed E-state index contributed by atoms with van der Waals surface area (Å²) in [6.07, 6.45) is 6.72. The van der Waals surface area contributed by atoms with Crippen LogP contribution in [0.15, 0.2) is 12.2 Å². The average Bonchev–Trinajstić information content (AvgIpc) is 2.84. The number of aliphatic hydroxyl groups is 2. The zero-order valence-corrected chi connectivity index (χ0v) is 22.6. The van der Waals surface area contributed by atoms with E-state index in [1.54, 1.807) is 21.1 Å². The second-order valence-electron chi connectivity index (χ2n) is 10.3. The van der Waals surface area contributed by atoms with E-state index in [0.717, 1.165) is 44.9 Å². The van der Waals surface area contributed by atoms with E-state index in [-0.39, 0.29) is 30.1 Å². The quantitative estimate of drug-likeness (QED) is 0.421. The summed E-state index contributed by atoms with van der Waals surface area (Å²) in [5.41, 5.74) is 0. The van der Waals surface area contributed by atoms with Crippen LogP contribution in [0.5, 0.6) is 0 Å². The van der Waals surface area contributed by atoms with Crippen molar-refractivity contribution in [2.75, 3.05) is 21.3 Å². The lowest BCUT2D eigenvalue weighted by molar-refractivity contribution is -0.360. The molecule has 0 spiro atoms. The number of rotatable bonds is 6. The van der Waals surface area contributed by atoms with Crippen molar-refractivity contribution in [3.05, 3.63) is 12.2 Å². The molecule has 0 amide bonds. The summed E-state index contributed by atoms with van der Waals surface area (Å²) in [5, 5.41) is 22.8. The van der Waals surface area contributed by atoms with Crippen LogP contribution in [0.2, 0.25) is 0 Å². The van der Waals surface area contributed by atoms with Crippen molar-refractivity contribution in [1.82, 2.24) is 0 Å². The van der Waals surface area contributed by atoms with Crippen LogP contribution >= 0.6 is 0 Å². The number of unbranched alkanes of at least 4 members (excludes halogenated alkanes) is 1. The molecule has 2 bridgehead atoms. The fraction of sp³-hybridized carbons (Fsp3) is 0.889. The Morgan fingerprint density at radius 3 is 2.34 bits per heavy atom. The number of carbonyl (C=O) groups excluding carboxylic acids is 1. The van der Waals surface area contributed by atoms with Gasteiger partial charge in [0.1, 0.15) is 24.2 Å². The van der Waals surface area contributed by atoms with Gasteiger partial charge < -0.3 is 33.9 Å². The standard InChI is InChI=1S/C27H48O8/c1-8-9-12-20-13-10-11-14-21(31-5)22(32-6)16-15-17(2)24-18(3)23(28)25(33-7)27(30,35-24)19(4)26(29)34-20/h15-25,28,30H,8-14H2,1-7H3/b16-15+/t17-,18-,19+,20-,21?,22+,23-,24-,25+,27+/m0/s1. The highest BCUT2D eigenvalue weighted by atomic mass is 16.7. The molecule has 2 rings (SSSR count). The second kappa shape index (κ2) is 14.1. The van der Waals surface area contributed by atoms with Gasteiger partial charge in [0, 0.05) is 33.2 Å². The molecule has 2 N–H and O–H groups in total. The lowest BCUT2D eigenvalue weighted by atomic mass is 9.78. The summed E-state index contributed by atoms with van der Waals surface area (Å²) in [5.74, 6) is -4.16. The summed E-state index contributed by atoms with van der Waals surface area (Å²) in [6, 6.07) is 0. The molecule has 0 saturated carbocycles. The van der Waals surface area contributed by atoms with Gasteiger partial charge in [-0.15, -0.1) is 0 Å². The molecule has 35 heavy (non-hydrogen) atoms. The number of ether oxygens (including phenoxy) is 5. The Kier molecular flexibility index (Phi) is 12.1. The van der Waals surface area contributed by atoms with Crippen molar-refractivity contribution in [2.45, 2.75) is 115 Å². The molecular weight excluding hydrogens is 452 g/mol. The molecule has 1 fully saturated rings. The Labute approximate surface area is 211 Å². The molecule has 2 heterocycles. The third-order valence-electron chi connectivity index (χ3n) is 7.82. The zero-order chi connectivity index (χ0) is 26.2. The molecule has 1 unspecified atom stereocenters. The largest absolute Gasteiger partial charge is 0.462 e. The molecule has 204 valence electrons. The Morgan fingerprint density at radius 1 is 1.06 bits per heavy atom. The highest BCUT2D eigenvalue weighted by Crippen LogP contribution is 2.41. The van der Waals surface area contributed by atoms with Crippen molar-refractivity contribution in [2.24, 2.45) is 17.8 Å². The van der Waals surface area contributed by atoms with E-state index >= 15 is 0 Å². The van der Waals surface area contributed by atoms with E-state index in [9.17, 15) is 15.0 Å². The van der Waals surface area contributed by atoms with Crippen LogP contribution in [0.3, 0.4) is 0 Å². The summed E-state index contributed by atoms with van der Waals surface area (Å²) in [7, 11) is 4.76. The topological polar surface area (TPSA) is 104 Å². The number of aliphatic hydroxyl groups excluding tert-OH is 1. The number of fused-ring (bicyclic) bond motifs is 2. The van der Waals surface area contributed by atoms with Crippen molar-refractivity contribution < 1.29 is 38.7 Å². The average molecular weight is 501 g/mol. The molecule has 0 aliphatic carbocycles. The van der Waals surface area contributed by atoms with Crippen LogP contribution in [0.25, 0.3) is 0 Å². The number of esters is 1. The normalized spacial score (nSPS) is 42.9. The molecule has 2 aliphatic rings. The van der Waals surface area contributed by atoms with Crippen molar-refractivity contribution in [3.8, 4) is 0 Å². The Morgan fingerprint density at radius 2 is 1.74 bits per heavy atom. The predicted molar refractivity (Wildman–Crippen MR) is 133 cm³/mol. The summed E-state index contributed by atoms with van der Waals surface area (Å²) >= 11 is 0. The van der Waals surface area contributed by atoms with Gasteiger partial charge in [0.05, 0.1) is 18.3 Å². The molecule has 0 aromatic rings. The SMILES string of the molecule is CCCC[C@H]1CCCCC(OC)[C@H](OC)/C=C/[C@H](C)[C@@H]2O[C@](O)([C@H](C)C(=O)O1)[C@H](OC)[C@@H](O)[C@@H]2C. The maximum Gasteiger partial charge on any atom is 0.314 e. The lowest BCUT2D eigenvalue weighted by Crippen LogP contribution is -2.67. The van der Waals surface area contributed by atoms with E-state index in [0.29, 0.717) is 0 Å². The molecule has 8 heteroatoms. The van der Waals surface area contributed by atoms with Gasteiger partial charge in [0.25, 0.3) is 0 Å². The Bertz CT molecular complexity index is 670. The fourth-order valence-corrected chi connectivity index (χ4v) is 5.36. The molecular formula is C27H48O8. The highest BCUT2D eigenvalue weighted by molar-refractivity contribution is 5.73. The smallest absolute Gasteiger partial charge is 0.314 e. The minimum absolute atomic E-state index is 0.113. The summed E-state index contributed by atoms with van der Waals surface area (Å²) in [4.78, 5) is 13.2. The van der Waals surface area contributed by atoms with Gasteiger partial charge >= 0.3 is 5.97 Å². The molecule has 10 atom stereocenters. The van der Waals surface area contributed by atoms with Crippen molar-refractivity contribution >= 4 is 5.97 Å². The lowest BCUT2D eigenvalue weighted by Gasteiger charge is -2.51. The first-order valence-electron chi connectivity index (χ1n) is 13.2. The van der Waals surface area contributed by atoms with E-state index < -0.39 is 36.0 Å². The zero-order valence-electron chi connectivity index (χ0n) is 22.6. The monoisotopic (exact) mass is 500 g/mol. The fourth-order valence-electron chi connectivity index (χ4n) is 5.36. The van der Waals surface area contributed by atoms with E-state index in [4.69, 9.17) is 23.7 Å². The predicted octanol–water partition coefficient (Wildman–Crippen LogP) is 3.62. The van der Waals surface area contributed by atoms with Crippen molar-refractivity contribution in [3.63, 3.8) is 0 Å². The van der Waals surface area contributed by atoms with E-state index in [1.807, 2.05) is 26.0 Å². The second-order valence-corrected chi connectivity index (χ2v) is 10.3. The molecule has 0 aromatic carbocycles. The van der Waals surface area contributed by atoms with Crippen LogP contribution in [0.1, 0.15) is 72.6 Å². The van der Waals surface area contributed by atoms with Crippen LogP contribution in [-0.2, 0) is 28.5 Å². The summed E-state index contributed by atoms with van der Waals surface area (Å²) < 4.78 is 29.1. The first-order valence-corrected chi connectivity index (χ1v) is 13.2. The van der Waals surface area contributed by atoms with E-state index in [1.165, 1.54) is 7.11 Å². The molecule has 1 saturated heterocycles. The number of carbonyl (C=O) groups is 1. The molecule has 2 aliphatic heterocycles. The molecule has 0 radical (unpaired) electrons. The number of hydrogen-bond donors (Lipinski definition) is 2. The van der Waals surface area contributed by atoms with Gasteiger partial charge in [0.15, 0.2) is 0 Å². The maximum absolute atomic E-state index is 13.2. The first-order chi connectivity index (χ1) is 16.6. The molecule has 0 aromatic heterocycles. The van der Waals surface area contributed by atoms with Crippen LogP contribution < -0.4 is 0 Å². The van der Waals surface area contributed by atoms with Gasteiger partial charge in [-0.1, -0.05) is 52.2 Å². The van der Waals surface area contributed by atoms with Crippen LogP contribution in [0, 0.1) is 17.8 Å². The highest BCUT2D eigenvalue weighted by Gasteiger charge is 2.58. The maximum atomic E-state index is 13.2. The van der Waals surface area contributed by atoms with Gasteiger partial charge in [-0.05, 0) is 32.6 Å². The summed E-state index contributed by atoms with van der Waals surface area (Å²) in [6.45, 7) is 7.50. The van der Waals surface area contributed by atoms with Gasteiger partial charge in [-0.3, -0.25) is 4.79 Å². The third kappa shape index (κ3) is 7.27. The Hall–Kier alpha value is -1.03. The Balaban J connectivity index is 2.44. The van der Waals surface area contributed by atoms with Gasteiger partial charge in [-0.25, -0.2) is 0 Å². The van der Waals surface area contributed by atoms with E-state index in [2.05, 4.69) is 6.92 Å². The van der Waals surface area contributed by atoms with Crippen LogP contribution in [-0.4, -0.2) is 79.9 Å². The van der Waals surface area contributed by atoms with Crippen LogP contribution in [0.4, 0.5) is 0 Å². The third-order valence-corrected chi connectivity index (χ3v) is 7.82. The first kappa shape index (κ1) is 30.2. The minimum atomic E-state index is -2.04. The van der Waals surface area contributed by atoms with Gasteiger partial charge in [-0.2, -0.15) is 0 Å². The molecule has 8 nitrogen and oxygen atoms in total. The van der Waals surface area contributed by atoms with Gasteiger partial charge in [0.2, 0.25) is 5.79 Å². The number of cyclic esters (lactones) is 1. The number of hydrogen-bond acceptors (Lipinski definition) is 8. The number of methoxy groups -OCH3 is 3.